The predicted octanol–water partition coefficient (Wildman–Crippen LogP) is 2.65. The molecule has 3 aromatic rings. The van der Waals surface area contributed by atoms with Gasteiger partial charge >= 0.3 is 17.1 Å². The summed E-state index contributed by atoms with van der Waals surface area (Å²) >= 11 is 7.50. The highest BCUT2D eigenvalue weighted by molar-refractivity contribution is 7.99. The normalized spacial score (nSPS) is 10.9. The number of benzene rings is 2. The average molecular weight is 390 g/mol. The Kier molecular flexibility index (Phi) is 4.93. The molecule has 1 heterocycles. The number of nitrogens with zero attached hydrogens (tertiary/aromatic N) is 2. The van der Waals surface area contributed by atoms with Crippen LogP contribution in [-0.4, -0.2) is 14.1 Å². The van der Waals surface area contributed by atoms with Crippen molar-refractivity contribution in [3.05, 3.63) is 84.0 Å². The summed E-state index contributed by atoms with van der Waals surface area (Å²) in [5, 5.41) is 0.673. The van der Waals surface area contributed by atoms with E-state index in [1.807, 2.05) is 38.1 Å². The van der Waals surface area contributed by atoms with Crippen LogP contribution >= 0.6 is 23.4 Å². The van der Waals surface area contributed by atoms with Crippen LogP contribution in [0.2, 0.25) is 5.02 Å². The van der Waals surface area contributed by atoms with Gasteiger partial charge in [0.2, 0.25) is 0 Å². The highest BCUT2D eigenvalue weighted by atomic mass is 35.5. The van der Waals surface area contributed by atoms with Gasteiger partial charge in [0.25, 0.3) is 0 Å². The third-order valence-corrected chi connectivity index (χ3v) is 5.54. The van der Waals surface area contributed by atoms with Crippen LogP contribution in [0.5, 0.6) is 0 Å². The number of hydrogen-bond acceptors (Lipinski definition) is 4. The molecule has 0 fully saturated rings. The van der Waals surface area contributed by atoms with Gasteiger partial charge in [-0.1, -0.05) is 23.4 Å². The topological polar surface area (TPSA) is 76.9 Å². The molecule has 0 amide bonds. The fraction of sp³-hybridized carbons (Fsp3) is 0.167. The zero-order valence-corrected chi connectivity index (χ0v) is 15.9. The summed E-state index contributed by atoms with van der Waals surface area (Å²) in [7, 11) is 1.32. The van der Waals surface area contributed by atoms with Gasteiger partial charge in [-0.05, 0) is 61.4 Å². The Bertz CT molecular complexity index is 1140. The minimum absolute atomic E-state index is 0.419. The fourth-order valence-electron chi connectivity index (χ4n) is 2.62. The first kappa shape index (κ1) is 18.3. The number of aryl methyl sites for hydroxylation is 2. The molecule has 134 valence electrons. The van der Waals surface area contributed by atoms with Crippen LogP contribution in [0.4, 0.5) is 0 Å². The maximum Gasteiger partial charge on any atom is 0.340 e. The van der Waals surface area contributed by atoms with E-state index >= 15 is 0 Å². The maximum absolute atomic E-state index is 12.3. The number of halogens is 1. The lowest BCUT2D eigenvalue weighted by Crippen LogP contribution is -2.47. The Morgan fingerprint density at radius 2 is 1.54 bits per heavy atom. The fourth-order valence-corrected chi connectivity index (χ4v) is 3.69. The van der Waals surface area contributed by atoms with E-state index in [2.05, 4.69) is 4.98 Å². The Morgan fingerprint density at radius 3 is 2.12 bits per heavy atom. The van der Waals surface area contributed by atoms with E-state index in [-0.39, 0.29) is 0 Å². The molecule has 0 radical (unpaired) electrons. The van der Waals surface area contributed by atoms with E-state index in [0.29, 0.717) is 10.7 Å². The number of aromatic amines is 1. The number of rotatable bonds is 3. The highest BCUT2D eigenvalue weighted by Gasteiger charge is 2.13. The molecule has 0 unspecified atom stereocenters. The molecule has 6 nitrogen and oxygen atoms in total. The molecular formula is C18H16ClN3O3S. The Labute approximate surface area is 158 Å². The summed E-state index contributed by atoms with van der Waals surface area (Å²) in [5.41, 5.74) is 0.0766. The molecule has 1 aromatic heterocycles. The molecule has 0 aliphatic rings. The lowest BCUT2D eigenvalue weighted by atomic mass is 10.1. The summed E-state index contributed by atoms with van der Waals surface area (Å²) in [5.74, 6) is 0. The first-order chi connectivity index (χ1) is 12.3. The van der Waals surface area contributed by atoms with Crippen LogP contribution in [0.25, 0.3) is 5.69 Å². The largest absolute Gasteiger partial charge is 0.340 e. The SMILES string of the molecule is Cc1cc(-n2c(=O)[nH]c(=O)n(C)c2=O)cc(C)c1Sc1ccc(Cl)cc1. The van der Waals surface area contributed by atoms with Crippen molar-refractivity contribution in [2.45, 2.75) is 23.6 Å². The first-order valence-corrected chi connectivity index (χ1v) is 8.95. The van der Waals surface area contributed by atoms with E-state index in [4.69, 9.17) is 11.6 Å². The molecule has 0 atom stereocenters. The van der Waals surface area contributed by atoms with Crippen LogP contribution in [0.15, 0.2) is 60.6 Å². The van der Waals surface area contributed by atoms with Crippen molar-refractivity contribution in [1.29, 1.82) is 0 Å². The monoisotopic (exact) mass is 389 g/mol. The van der Waals surface area contributed by atoms with Crippen LogP contribution in [0.3, 0.4) is 0 Å². The predicted molar refractivity (Wildman–Crippen MR) is 103 cm³/mol. The van der Waals surface area contributed by atoms with Crippen molar-refractivity contribution in [2.75, 3.05) is 0 Å². The summed E-state index contributed by atoms with van der Waals surface area (Å²) < 4.78 is 1.82. The van der Waals surface area contributed by atoms with E-state index in [0.717, 1.165) is 30.1 Å². The van der Waals surface area contributed by atoms with Gasteiger partial charge in [-0.3, -0.25) is 4.98 Å². The molecule has 0 spiro atoms. The summed E-state index contributed by atoms with van der Waals surface area (Å²) in [6, 6.07) is 11.0. The standard InChI is InChI=1S/C18H16ClN3O3S/c1-10-8-13(22-17(24)20-16(23)21(3)18(22)25)9-11(2)15(10)26-14-6-4-12(19)5-7-14/h4-9H,1-3H3,(H,20,23,24). The molecule has 0 aliphatic carbocycles. The second kappa shape index (κ2) is 7.01. The van der Waals surface area contributed by atoms with Crippen LogP contribution in [0, 0.1) is 13.8 Å². The smallest absolute Gasteiger partial charge is 0.258 e. The van der Waals surface area contributed by atoms with E-state index in [9.17, 15) is 14.4 Å². The molecule has 3 rings (SSSR count). The van der Waals surface area contributed by atoms with Crippen molar-refractivity contribution in [3.8, 4) is 5.69 Å². The third-order valence-electron chi connectivity index (χ3n) is 3.94. The van der Waals surface area contributed by atoms with Gasteiger partial charge in [-0.2, -0.15) is 0 Å². The first-order valence-electron chi connectivity index (χ1n) is 7.75. The van der Waals surface area contributed by atoms with Gasteiger partial charge < -0.3 is 0 Å². The molecular weight excluding hydrogens is 374 g/mol. The van der Waals surface area contributed by atoms with Gasteiger partial charge in [-0.15, -0.1) is 0 Å². The number of H-pyrrole nitrogens is 1. The molecule has 8 heteroatoms. The van der Waals surface area contributed by atoms with E-state index in [1.165, 1.54) is 7.05 Å². The van der Waals surface area contributed by atoms with Crippen molar-refractivity contribution in [3.63, 3.8) is 0 Å². The van der Waals surface area contributed by atoms with Crippen LogP contribution in [0.1, 0.15) is 11.1 Å². The van der Waals surface area contributed by atoms with Crippen molar-refractivity contribution in [1.82, 2.24) is 14.1 Å². The highest BCUT2D eigenvalue weighted by Crippen LogP contribution is 2.34. The maximum atomic E-state index is 12.3. The molecule has 0 aliphatic heterocycles. The lowest BCUT2D eigenvalue weighted by molar-refractivity contribution is 0.660. The van der Waals surface area contributed by atoms with E-state index in [1.54, 1.807) is 23.9 Å². The Morgan fingerprint density at radius 1 is 0.962 bits per heavy atom. The molecule has 2 aromatic carbocycles. The zero-order chi connectivity index (χ0) is 19.0. The summed E-state index contributed by atoms with van der Waals surface area (Å²) in [4.78, 5) is 40.2. The van der Waals surface area contributed by atoms with Gasteiger partial charge in [0, 0.05) is 21.9 Å². The minimum atomic E-state index is -0.755. The number of aromatic nitrogens is 3. The Balaban J connectivity index is 2.10. The second-order valence-electron chi connectivity index (χ2n) is 5.88. The molecule has 0 saturated heterocycles. The zero-order valence-electron chi connectivity index (χ0n) is 14.4. The van der Waals surface area contributed by atoms with Crippen LogP contribution in [-0.2, 0) is 7.05 Å². The van der Waals surface area contributed by atoms with Gasteiger partial charge in [0.15, 0.2) is 0 Å². The summed E-state index contributed by atoms with van der Waals surface area (Å²) in [6.07, 6.45) is 0. The lowest BCUT2D eigenvalue weighted by Gasteiger charge is -2.13. The van der Waals surface area contributed by atoms with Crippen molar-refractivity contribution in [2.24, 2.45) is 7.05 Å². The van der Waals surface area contributed by atoms with Crippen LogP contribution < -0.4 is 17.1 Å². The molecule has 26 heavy (non-hydrogen) atoms. The average Bonchev–Trinajstić information content (AvgIpc) is 2.58. The molecule has 1 N–H and O–H groups in total. The minimum Gasteiger partial charge on any atom is -0.258 e. The molecule has 0 bridgehead atoms. The van der Waals surface area contributed by atoms with Crippen molar-refractivity contribution < 1.29 is 0 Å². The Hall–Kier alpha value is -2.51. The molecule has 0 saturated carbocycles. The third kappa shape index (κ3) is 3.40. The summed E-state index contributed by atoms with van der Waals surface area (Å²) in [6.45, 7) is 3.83. The quantitative estimate of drug-likeness (QED) is 0.747. The van der Waals surface area contributed by atoms with Gasteiger partial charge in [-0.25, -0.2) is 23.5 Å². The van der Waals surface area contributed by atoms with E-state index < -0.39 is 17.1 Å². The number of nitrogens with one attached hydrogen (secondary N) is 1. The van der Waals surface area contributed by atoms with Crippen molar-refractivity contribution >= 4 is 23.4 Å². The second-order valence-corrected chi connectivity index (χ2v) is 7.40. The van der Waals surface area contributed by atoms with Gasteiger partial charge in [0.1, 0.15) is 0 Å². The number of hydrogen-bond donors (Lipinski definition) is 1. The van der Waals surface area contributed by atoms with Gasteiger partial charge in [0.05, 0.1) is 5.69 Å².